The minimum Gasteiger partial charge on any atom is -0.384 e. The molecule has 0 radical (unpaired) electrons. The number of nitrogens with one attached hydrogen (secondary N) is 1. The Morgan fingerprint density at radius 1 is 1.22 bits per heavy atom. The van der Waals surface area contributed by atoms with E-state index >= 15 is 0 Å². The standard InChI is InChI=1S/C15H21N3O4S/c19-18(20)13-6-7-14(16-11-12-4-3-5-12)15(10-13)23(21,22)17-8-1-2-9-17/h6-7,10,12,16H,1-5,8-9,11H2. The SMILES string of the molecule is O=[N+]([O-])c1ccc(NCC2CCC2)c(S(=O)(=O)N2CCCC2)c1. The number of nitro groups is 1. The van der Waals surface area contributed by atoms with Gasteiger partial charge >= 0.3 is 0 Å². The Morgan fingerprint density at radius 2 is 1.91 bits per heavy atom. The van der Waals surface area contributed by atoms with Gasteiger partial charge in [0.1, 0.15) is 4.90 Å². The quantitative estimate of drug-likeness (QED) is 0.635. The number of nitrogens with zero attached hydrogens (tertiary/aromatic N) is 2. The third-order valence-corrected chi connectivity index (χ3v) is 6.60. The number of benzene rings is 1. The molecular weight excluding hydrogens is 318 g/mol. The van der Waals surface area contributed by atoms with Gasteiger partial charge in [0.05, 0.1) is 10.6 Å². The van der Waals surface area contributed by atoms with Gasteiger partial charge in [0.25, 0.3) is 5.69 Å². The number of hydrogen-bond donors (Lipinski definition) is 1. The lowest BCUT2D eigenvalue weighted by atomic mass is 9.85. The lowest BCUT2D eigenvalue weighted by molar-refractivity contribution is -0.385. The van der Waals surface area contributed by atoms with Crippen molar-refractivity contribution in [2.45, 2.75) is 37.0 Å². The second-order valence-electron chi connectivity index (χ2n) is 6.23. The monoisotopic (exact) mass is 339 g/mol. The summed E-state index contributed by atoms with van der Waals surface area (Å²) >= 11 is 0. The zero-order chi connectivity index (χ0) is 16.4. The maximum atomic E-state index is 12.8. The normalized spacial score (nSPS) is 19.5. The van der Waals surface area contributed by atoms with E-state index in [2.05, 4.69) is 5.32 Å². The molecule has 0 bridgehead atoms. The summed E-state index contributed by atoms with van der Waals surface area (Å²) in [6.45, 7) is 1.67. The Kier molecular flexibility index (Phi) is 4.54. The largest absolute Gasteiger partial charge is 0.384 e. The van der Waals surface area contributed by atoms with Crippen LogP contribution in [-0.4, -0.2) is 37.3 Å². The van der Waals surface area contributed by atoms with Crippen molar-refractivity contribution in [1.82, 2.24) is 4.31 Å². The van der Waals surface area contributed by atoms with Gasteiger partial charge in [0.15, 0.2) is 0 Å². The smallest absolute Gasteiger partial charge is 0.270 e. The summed E-state index contributed by atoms with van der Waals surface area (Å²) in [5.41, 5.74) is 0.270. The minimum atomic E-state index is -3.70. The molecule has 2 fully saturated rings. The van der Waals surface area contributed by atoms with E-state index in [4.69, 9.17) is 0 Å². The molecule has 0 unspecified atom stereocenters. The van der Waals surface area contributed by atoms with Gasteiger partial charge in [-0.05, 0) is 37.7 Å². The lowest BCUT2D eigenvalue weighted by Crippen LogP contribution is -2.29. The summed E-state index contributed by atoms with van der Waals surface area (Å²) in [6, 6.07) is 4.04. The second-order valence-corrected chi connectivity index (χ2v) is 8.13. The number of sulfonamides is 1. The number of non-ortho nitro benzene ring substituents is 1. The van der Waals surface area contributed by atoms with Crippen LogP contribution < -0.4 is 5.32 Å². The van der Waals surface area contributed by atoms with Crippen LogP contribution in [0.5, 0.6) is 0 Å². The molecule has 1 aliphatic heterocycles. The van der Waals surface area contributed by atoms with E-state index in [-0.39, 0.29) is 10.6 Å². The van der Waals surface area contributed by atoms with Crippen molar-refractivity contribution in [3.8, 4) is 0 Å². The molecule has 1 N–H and O–H groups in total. The zero-order valence-corrected chi connectivity index (χ0v) is 13.7. The fraction of sp³-hybridized carbons (Fsp3) is 0.600. The summed E-state index contributed by atoms with van der Waals surface area (Å²) in [4.78, 5) is 10.5. The van der Waals surface area contributed by atoms with Gasteiger partial charge in [-0.3, -0.25) is 10.1 Å². The summed E-state index contributed by atoms with van der Waals surface area (Å²) in [5, 5.41) is 14.2. The highest BCUT2D eigenvalue weighted by atomic mass is 32.2. The third-order valence-electron chi connectivity index (χ3n) is 4.66. The van der Waals surface area contributed by atoms with E-state index < -0.39 is 14.9 Å². The Labute approximate surface area is 135 Å². The zero-order valence-electron chi connectivity index (χ0n) is 12.9. The number of hydrogen-bond acceptors (Lipinski definition) is 5. The molecule has 1 aliphatic carbocycles. The molecule has 1 saturated carbocycles. The average Bonchev–Trinajstić information content (AvgIpc) is 3.00. The van der Waals surface area contributed by atoms with E-state index in [1.165, 1.54) is 28.9 Å². The van der Waals surface area contributed by atoms with Crippen molar-refractivity contribution in [2.75, 3.05) is 25.0 Å². The summed E-state index contributed by atoms with van der Waals surface area (Å²) in [5.74, 6) is 0.563. The van der Waals surface area contributed by atoms with Crippen molar-refractivity contribution >= 4 is 21.4 Å². The van der Waals surface area contributed by atoms with E-state index in [0.717, 1.165) is 25.7 Å². The predicted octanol–water partition coefficient (Wildman–Crippen LogP) is 2.59. The average molecular weight is 339 g/mol. The third kappa shape index (κ3) is 3.32. The first kappa shape index (κ1) is 16.2. The van der Waals surface area contributed by atoms with E-state index in [9.17, 15) is 18.5 Å². The van der Waals surface area contributed by atoms with Crippen molar-refractivity contribution in [2.24, 2.45) is 5.92 Å². The van der Waals surface area contributed by atoms with E-state index in [1.54, 1.807) is 0 Å². The summed E-state index contributed by atoms with van der Waals surface area (Å²) in [6.07, 6.45) is 5.17. The van der Waals surface area contributed by atoms with Crippen LogP contribution in [0.3, 0.4) is 0 Å². The first-order valence-corrected chi connectivity index (χ1v) is 9.45. The van der Waals surface area contributed by atoms with Gasteiger partial charge in [-0.15, -0.1) is 0 Å². The molecule has 2 aliphatic rings. The molecule has 8 heteroatoms. The summed E-state index contributed by atoms with van der Waals surface area (Å²) < 4.78 is 27.1. The minimum absolute atomic E-state index is 0.0212. The van der Waals surface area contributed by atoms with E-state index in [0.29, 0.717) is 31.2 Å². The molecule has 1 heterocycles. The Bertz CT molecular complexity index is 695. The molecule has 1 aromatic carbocycles. The van der Waals surface area contributed by atoms with Gasteiger partial charge < -0.3 is 5.32 Å². The molecule has 0 atom stereocenters. The van der Waals surface area contributed by atoms with Crippen LogP contribution in [0.2, 0.25) is 0 Å². The molecular formula is C15H21N3O4S. The van der Waals surface area contributed by atoms with Gasteiger partial charge in [0.2, 0.25) is 10.0 Å². The number of rotatable bonds is 6. The maximum Gasteiger partial charge on any atom is 0.270 e. The van der Waals surface area contributed by atoms with Crippen LogP contribution in [0, 0.1) is 16.0 Å². The maximum absolute atomic E-state index is 12.8. The van der Waals surface area contributed by atoms with Crippen molar-refractivity contribution < 1.29 is 13.3 Å². The fourth-order valence-corrected chi connectivity index (χ4v) is 4.71. The molecule has 23 heavy (non-hydrogen) atoms. The van der Waals surface area contributed by atoms with Crippen LogP contribution in [-0.2, 0) is 10.0 Å². The van der Waals surface area contributed by atoms with Crippen LogP contribution in [0.4, 0.5) is 11.4 Å². The molecule has 0 spiro atoms. The highest BCUT2D eigenvalue weighted by molar-refractivity contribution is 7.89. The Balaban J connectivity index is 1.92. The Morgan fingerprint density at radius 3 is 2.48 bits per heavy atom. The second kappa shape index (κ2) is 6.45. The number of nitro benzene ring substituents is 1. The van der Waals surface area contributed by atoms with Crippen LogP contribution in [0.1, 0.15) is 32.1 Å². The van der Waals surface area contributed by atoms with Gasteiger partial charge in [0, 0.05) is 31.8 Å². The molecule has 1 saturated heterocycles. The van der Waals surface area contributed by atoms with Crippen molar-refractivity contribution in [1.29, 1.82) is 0 Å². The highest BCUT2D eigenvalue weighted by Crippen LogP contribution is 2.32. The van der Waals surface area contributed by atoms with Crippen LogP contribution in [0.15, 0.2) is 23.1 Å². The van der Waals surface area contributed by atoms with Gasteiger partial charge in [-0.1, -0.05) is 6.42 Å². The lowest BCUT2D eigenvalue weighted by Gasteiger charge is -2.26. The van der Waals surface area contributed by atoms with Crippen LogP contribution in [0.25, 0.3) is 0 Å². The van der Waals surface area contributed by atoms with Gasteiger partial charge in [-0.25, -0.2) is 8.42 Å². The number of anilines is 1. The first-order valence-electron chi connectivity index (χ1n) is 8.01. The predicted molar refractivity (Wildman–Crippen MR) is 86.9 cm³/mol. The van der Waals surface area contributed by atoms with Crippen molar-refractivity contribution in [3.63, 3.8) is 0 Å². The molecule has 0 aromatic heterocycles. The summed E-state index contributed by atoms with van der Waals surface area (Å²) in [7, 11) is -3.70. The first-order chi connectivity index (χ1) is 11.0. The molecule has 0 amide bonds. The Hall–Kier alpha value is -1.67. The molecule has 1 aromatic rings. The highest BCUT2D eigenvalue weighted by Gasteiger charge is 2.31. The van der Waals surface area contributed by atoms with Crippen LogP contribution >= 0.6 is 0 Å². The van der Waals surface area contributed by atoms with Crippen molar-refractivity contribution in [3.05, 3.63) is 28.3 Å². The topological polar surface area (TPSA) is 92.5 Å². The molecule has 3 rings (SSSR count). The van der Waals surface area contributed by atoms with E-state index in [1.807, 2.05) is 0 Å². The fourth-order valence-electron chi connectivity index (χ4n) is 3.00. The molecule has 7 nitrogen and oxygen atoms in total. The molecule has 126 valence electrons. The van der Waals surface area contributed by atoms with Gasteiger partial charge in [-0.2, -0.15) is 4.31 Å².